The van der Waals surface area contributed by atoms with E-state index in [0.717, 1.165) is 12.8 Å². The average molecular weight is 365 g/mol. The highest BCUT2D eigenvalue weighted by atomic mass is 32.1. The second-order valence-electron chi connectivity index (χ2n) is 6.46. The molecule has 4 amide bonds. The number of hydrogen-bond donors (Lipinski definition) is 2. The van der Waals surface area contributed by atoms with Gasteiger partial charge in [0.05, 0.1) is 5.56 Å². The number of hydrogen-bond acceptors (Lipinski definition) is 6. The monoisotopic (exact) mass is 365 g/mol. The van der Waals surface area contributed by atoms with Gasteiger partial charge in [0, 0.05) is 5.38 Å². The van der Waals surface area contributed by atoms with Crippen LogP contribution in [-0.4, -0.2) is 41.0 Å². The van der Waals surface area contributed by atoms with Crippen LogP contribution >= 0.6 is 11.3 Å². The van der Waals surface area contributed by atoms with Gasteiger partial charge in [0.1, 0.15) is 5.54 Å². The standard InChI is InChI=1S/C16H19N3O5S/c1-10-2-5-16(6-3-10)14(22)19(15(23)17-16)18-12(20)8-24-13(21)11-4-7-25-9-11/h4,7,9-10H,2-3,5-6,8H2,1H3,(H,17,23)(H,18,20). The molecule has 3 rings (SSSR count). The molecule has 0 radical (unpaired) electrons. The number of esters is 1. The zero-order chi connectivity index (χ0) is 18.0. The predicted octanol–water partition coefficient (Wildman–Crippen LogP) is 1.44. The van der Waals surface area contributed by atoms with E-state index in [-0.39, 0.29) is 0 Å². The van der Waals surface area contributed by atoms with Gasteiger partial charge in [-0.2, -0.15) is 16.3 Å². The van der Waals surface area contributed by atoms with Gasteiger partial charge < -0.3 is 10.1 Å². The van der Waals surface area contributed by atoms with E-state index in [1.165, 1.54) is 11.3 Å². The number of urea groups is 1. The second kappa shape index (κ2) is 6.83. The van der Waals surface area contributed by atoms with Crippen LogP contribution in [0.25, 0.3) is 0 Å². The maximum absolute atomic E-state index is 12.6. The van der Waals surface area contributed by atoms with Crippen molar-refractivity contribution >= 4 is 35.2 Å². The maximum Gasteiger partial charge on any atom is 0.344 e. The van der Waals surface area contributed by atoms with Crippen molar-refractivity contribution in [1.82, 2.24) is 15.8 Å². The molecule has 1 saturated heterocycles. The van der Waals surface area contributed by atoms with Crippen LogP contribution < -0.4 is 10.7 Å². The van der Waals surface area contributed by atoms with Gasteiger partial charge >= 0.3 is 12.0 Å². The Labute approximate surface area is 148 Å². The van der Waals surface area contributed by atoms with Gasteiger partial charge in [-0.15, -0.1) is 0 Å². The topological polar surface area (TPSA) is 105 Å². The van der Waals surface area contributed by atoms with E-state index in [9.17, 15) is 19.2 Å². The number of hydrazine groups is 1. The Morgan fingerprint density at radius 1 is 1.40 bits per heavy atom. The summed E-state index contributed by atoms with van der Waals surface area (Å²) in [5, 5.41) is 6.71. The SMILES string of the molecule is CC1CCC2(CC1)NC(=O)N(NC(=O)COC(=O)c1ccsc1)C2=O. The van der Waals surface area contributed by atoms with Crippen LogP contribution in [0.2, 0.25) is 0 Å². The van der Waals surface area contributed by atoms with E-state index in [1.807, 2.05) is 0 Å². The first-order valence-corrected chi connectivity index (χ1v) is 9.01. The molecule has 0 unspecified atom stereocenters. The Morgan fingerprint density at radius 2 is 2.12 bits per heavy atom. The van der Waals surface area contributed by atoms with Gasteiger partial charge in [-0.25, -0.2) is 9.59 Å². The van der Waals surface area contributed by atoms with Crippen LogP contribution in [0.1, 0.15) is 43.0 Å². The Balaban J connectivity index is 1.55. The van der Waals surface area contributed by atoms with E-state index in [2.05, 4.69) is 17.7 Å². The molecule has 0 aromatic carbocycles. The number of imide groups is 1. The average Bonchev–Trinajstić information content (AvgIpc) is 3.20. The molecule has 0 bridgehead atoms. The van der Waals surface area contributed by atoms with Crippen LogP contribution in [0.15, 0.2) is 16.8 Å². The summed E-state index contributed by atoms with van der Waals surface area (Å²) in [4.78, 5) is 48.3. The molecule has 25 heavy (non-hydrogen) atoms. The second-order valence-corrected chi connectivity index (χ2v) is 7.24. The van der Waals surface area contributed by atoms with Crippen molar-refractivity contribution in [3.63, 3.8) is 0 Å². The van der Waals surface area contributed by atoms with Gasteiger partial charge in [0.15, 0.2) is 6.61 Å². The normalized spacial score (nSPS) is 25.8. The van der Waals surface area contributed by atoms with Crippen molar-refractivity contribution in [1.29, 1.82) is 0 Å². The van der Waals surface area contributed by atoms with Crippen LogP contribution in [0.5, 0.6) is 0 Å². The Kier molecular flexibility index (Phi) is 4.76. The molecule has 1 spiro atoms. The largest absolute Gasteiger partial charge is 0.452 e. The van der Waals surface area contributed by atoms with Gasteiger partial charge in [-0.1, -0.05) is 6.92 Å². The van der Waals surface area contributed by atoms with Crippen molar-refractivity contribution in [2.45, 2.75) is 38.1 Å². The van der Waals surface area contributed by atoms with Crippen molar-refractivity contribution in [2.75, 3.05) is 6.61 Å². The number of thiophene rings is 1. The minimum atomic E-state index is -0.926. The summed E-state index contributed by atoms with van der Waals surface area (Å²) in [5.41, 5.74) is 1.64. The molecule has 1 aromatic rings. The highest BCUT2D eigenvalue weighted by Gasteiger charge is 2.52. The van der Waals surface area contributed by atoms with E-state index in [0.29, 0.717) is 29.3 Å². The molecular formula is C16H19N3O5S. The smallest absolute Gasteiger partial charge is 0.344 e. The van der Waals surface area contributed by atoms with Crippen molar-refractivity contribution in [3.05, 3.63) is 22.4 Å². The molecular weight excluding hydrogens is 346 g/mol. The van der Waals surface area contributed by atoms with E-state index < -0.39 is 36.0 Å². The third-order valence-electron chi connectivity index (χ3n) is 4.62. The molecule has 134 valence electrons. The Hall–Kier alpha value is -2.42. The van der Waals surface area contributed by atoms with Crippen LogP contribution in [0.3, 0.4) is 0 Å². The van der Waals surface area contributed by atoms with Crippen LogP contribution in [0, 0.1) is 5.92 Å². The molecule has 2 N–H and O–H groups in total. The summed E-state index contributed by atoms with van der Waals surface area (Å²) in [6.07, 6.45) is 2.79. The van der Waals surface area contributed by atoms with Crippen molar-refractivity contribution in [3.8, 4) is 0 Å². The first-order valence-electron chi connectivity index (χ1n) is 8.07. The number of carbonyl (C=O) groups is 4. The summed E-state index contributed by atoms with van der Waals surface area (Å²) in [5.74, 6) is -1.32. The minimum Gasteiger partial charge on any atom is -0.452 e. The highest BCUT2D eigenvalue weighted by Crippen LogP contribution is 2.35. The fourth-order valence-electron chi connectivity index (χ4n) is 3.07. The number of carbonyl (C=O) groups excluding carboxylic acids is 4. The maximum atomic E-state index is 12.6. The van der Waals surface area contributed by atoms with Gasteiger partial charge in [0.2, 0.25) is 0 Å². The highest BCUT2D eigenvalue weighted by molar-refractivity contribution is 7.08. The van der Waals surface area contributed by atoms with Gasteiger partial charge in [-0.3, -0.25) is 15.0 Å². The fraction of sp³-hybridized carbons (Fsp3) is 0.500. The van der Waals surface area contributed by atoms with Crippen LogP contribution in [-0.2, 0) is 14.3 Å². The molecule has 1 saturated carbocycles. The fourth-order valence-corrected chi connectivity index (χ4v) is 3.69. The first kappa shape index (κ1) is 17.4. The number of nitrogens with one attached hydrogen (secondary N) is 2. The molecule has 2 aliphatic rings. The molecule has 2 fully saturated rings. The third kappa shape index (κ3) is 3.51. The number of ether oxygens (including phenoxy) is 1. The lowest BCUT2D eigenvalue weighted by Crippen LogP contribution is -2.52. The molecule has 2 heterocycles. The molecule has 1 aromatic heterocycles. The number of nitrogens with zero attached hydrogens (tertiary/aromatic N) is 1. The van der Waals surface area contributed by atoms with Crippen molar-refractivity contribution < 1.29 is 23.9 Å². The zero-order valence-corrected chi connectivity index (χ0v) is 14.6. The lowest BCUT2D eigenvalue weighted by Gasteiger charge is -2.33. The van der Waals surface area contributed by atoms with Gasteiger partial charge in [0.25, 0.3) is 11.8 Å². The lowest BCUT2D eigenvalue weighted by atomic mass is 9.77. The van der Waals surface area contributed by atoms with Crippen molar-refractivity contribution in [2.24, 2.45) is 5.92 Å². The quantitative estimate of drug-likeness (QED) is 0.620. The molecule has 0 atom stereocenters. The molecule has 9 heteroatoms. The summed E-state index contributed by atoms with van der Waals surface area (Å²) >= 11 is 1.33. The number of amides is 4. The van der Waals surface area contributed by atoms with E-state index in [4.69, 9.17) is 4.74 Å². The van der Waals surface area contributed by atoms with E-state index >= 15 is 0 Å². The third-order valence-corrected chi connectivity index (χ3v) is 5.30. The van der Waals surface area contributed by atoms with Crippen LogP contribution in [0.4, 0.5) is 4.79 Å². The molecule has 1 aliphatic heterocycles. The summed E-state index contributed by atoms with van der Waals surface area (Å²) in [6.45, 7) is 1.53. The summed E-state index contributed by atoms with van der Waals surface area (Å²) in [6, 6.07) is 0.924. The predicted molar refractivity (Wildman–Crippen MR) is 88.5 cm³/mol. The lowest BCUT2D eigenvalue weighted by molar-refractivity contribution is -0.141. The van der Waals surface area contributed by atoms with Gasteiger partial charge in [-0.05, 0) is 43.0 Å². The number of rotatable bonds is 4. The Morgan fingerprint density at radius 3 is 2.76 bits per heavy atom. The summed E-state index contributed by atoms with van der Waals surface area (Å²) < 4.78 is 4.87. The summed E-state index contributed by atoms with van der Waals surface area (Å²) in [7, 11) is 0. The minimum absolute atomic E-state index is 0.350. The molecule has 1 aliphatic carbocycles. The zero-order valence-electron chi connectivity index (χ0n) is 13.7. The van der Waals surface area contributed by atoms with E-state index in [1.54, 1.807) is 16.8 Å². The first-order chi connectivity index (χ1) is 11.9. The molecule has 8 nitrogen and oxygen atoms in total. The Bertz CT molecular complexity index is 695.